The van der Waals surface area contributed by atoms with Crippen LogP contribution >= 0.6 is 0 Å². The fourth-order valence-electron chi connectivity index (χ4n) is 7.92. The maximum absolute atomic E-state index is 13.1. The van der Waals surface area contributed by atoms with Gasteiger partial charge in [-0.3, -0.25) is 14.4 Å². The van der Waals surface area contributed by atoms with Crippen molar-refractivity contribution < 1.29 is 58.2 Å². The minimum absolute atomic E-state index is 0.0459. The highest BCUT2D eigenvalue weighted by Crippen LogP contribution is 2.26. The molecule has 1 fully saturated rings. The van der Waals surface area contributed by atoms with Crippen molar-refractivity contribution in [2.75, 3.05) is 13.2 Å². The second kappa shape index (κ2) is 47.2. The Morgan fingerprint density at radius 1 is 0.479 bits per heavy atom. The van der Waals surface area contributed by atoms with Gasteiger partial charge in [0.1, 0.15) is 18.8 Å². The molecule has 1 aliphatic rings. The first kappa shape index (κ1) is 65.2. The molecule has 0 spiro atoms. The van der Waals surface area contributed by atoms with Crippen molar-refractivity contribution >= 4 is 23.9 Å². The summed E-state index contributed by atoms with van der Waals surface area (Å²) in [6.45, 7) is 5.76. The third-order valence-corrected chi connectivity index (χ3v) is 12.2. The molecule has 1 aliphatic heterocycles. The van der Waals surface area contributed by atoms with E-state index >= 15 is 0 Å². The van der Waals surface area contributed by atoms with E-state index in [4.69, 9.17) is 23.7 Å². The van der Waals surface area contributed by atoms with Crippen LogP contribution in [0.15, 0.2) is 72.9 Å². The lowest BCUT2D eigenvalue weighted by atomic mass is 9.98. The first-order valence-electron chi connectivity index (χ1n) is 27.9. The molecular formula is C59H98O12. The summed E-state index contributed by atoms with van der Waals surface area (Å²) < 4.78 is 28.3. The van der Waals surface area contributed by atoms with Crippen molar-refractivity contribution in [3.63, 3.8) is 0 Å². The number of carbonyl (C=O) groups excluding carboxylic acids is 3. The van der Waals surface area contributed by atoms with Crippen LogP contribution in [0.2, 0.25) is 0 Å². The highest BCUT2D eigenvalue weighted by molar-refractivity contribution is 5.74. The molecule has 12 heteroatoms. The van der Waals surface area contributed by atoms with Crippen LogP contribution in [0.25, 0.3) is 0 Å². The second-order valence-electron chi connectivity index (χ2n) is 18.8. The Morgan fingerprint density at radius 3 is 1.42 bits per heavy atom. The molecule has 0 aromatic carbocycles. The van der Waals surface area contributed by atoms with Gasteiger partial charge in [0.15, 0.2) is 24.6 Å². The lowest BCUT2D eigenvalue weighted by Gasteiger charge is -2.40. The molecule has 12 nitrogen and oxygen atoms in total. The zero-order valence-corrected chi connectivity index (χ0v) is 44.4. The molecule has 6 unspecified atom stereocenters. The van der Waals surface area contributed by atoms with Gasteiger partial charge < -0.3 is 39.0 Å². The van der Waals surface area contributed by atoms with E-state index in [1.54, 1.807) is 0 Å². The van der Waals surface area contributed by atoms with E-state index in [9.17, 15) is 34.5 Å². The molecule has 0 aromatic heterocycles. The molecule has 0 aromatic rings. The number of aliphatic hydroxyl groups excluding tert-OH is 2. The first-order valence-corrected chi connectivity index (χ1v) is 27.9. The number of aliphatic hydroxyl groups is 2. The Morgan fingerprint density at radius 2 is 0.901 bits per heavy atom. The number of carboxylic acids is 1. The Hall–Kier alpha value is -3.84. The minimum Gasteiger partial charge on any atom is -0.479 e. The number of ether oxygens (including phenoxy) is 5. The summed E-state index contributed by atoms with van der Waals surface area (Å²) in [5.41, 5.74) is 0. The normalized spacial score (nSPS) is 19.0. The summed E-state index contributed by atoms with van der Waals surface area (Å²) in [5, 5.41) is 31.4. The predicted octanol–water partition coefficient (Wildman–Crippen LogP) is 13.8. The molecule has 3 N–H and O–H groups in total. The molecule has 0 bridgehead atoms. The first-order chi connectivity index (χ1) is 34.6. The van der Waals surface area contributed by atoms with Crippen LogP contribution in [0.5, 0.6) is 0 Å². The van der Waals surface area contributed by atoms with Gasteiger partial charge in [0.25, 0.3) is 0 Å². The summed E-state index contributed by atoms with van der Waals surface area (Å²) >= 11 is 0. The Labute approximate surface area is 429 Å². The average molecular weight is 999 g/mol. The van der Waals surface area contributed by atoms with E-state index < -0.39 is 67.3 Å². The quantitative estimate of drug-likeness (QED) is 0.0228. The summed E-state index contributed by atoms with van der Waals surface area (Å²) in [7, 11) is 0. The topological polar surface area (TPSA) is 175 Å². The third-order valence-electron chi connectivity index (χ3n) is 12.2. The van der Waals surface area contributed by atoms with Gasteiger partial charge in [0, 0.05) is 19.3 Å². The highest BCUT2D eigenvalue weighted by Gasteiger charge is 2.50. The molecule has 0 amide bonds. The number of rotatable bonds is 46. The van der Waals surface area contributed by atoms with Crippen LogP contribution in [-0.2, 0) is 42.9 Å². The number of carbonyl (C=O) groups is 4. The number of hydrogen-bond acceptors (Lipinski definition) is 11. The standard InChI is InChI=1S/C59H98O12/c1-4-7-10-13-16-19-22-24-25-26-27-29-32-35-38-41-44-47-53(62)70-57-55(64)54(63)56(58(65)66)71-59(57)68-49-50(69-52(61)46-43-40-37-34-30-21-18-15-12-9-6-3)48-67-51(60)45-42-39-36-33-31-28-23-20-17-14-11-8-5-2/h8,11,15-20,24-25,28,31,50,54-57,59,63-64H,4-7,9-10,12-14,21-23,26-27,29-30,32-49H2,1-3H3,(H,65,66)/b11-8-,18-15-,19-16-,20-17-,25-24-,31-28-. The number of aliphatic carboxylic acids is 1. The van der Waals surface area contributed by atoms with Crippen molar-refractivity contribution in [2.45, 2.75) is 263 Å². The molecule has 0 saturated carbocycles. The van der Waals surface area contributed by atoms with Gasteiger partial charge in [-0.2, -0.15) is 0 Å². The molecular weight excluding hydrogens is 901 g/mol. The Bertz CT molecular complexity index is 1510. The summed E-state index contributed by atoms with van der Waals surface area (Å²) in [5.74, 6) is -3.18. The van der Waals surface area contributed by atoms with Gasteiger partial charge in [-0.05, 0) is 103 Å². The fourth-order valence-corrected chi connectivity index (χ4v) is 7.92. The number of hydrogen-bond donors (Lipinski definition) is 3. The highest BCUT2D eigenvalue weighted by atomic mass is 16.7. The van der Waals surface area contributed by atoms with E-state index in [1.807, 2.05) is 0 Å². The van der Waals surface area contributed by atoms with Crippen molar-refractivity contribution in [3.05, 3.63) is 72.9 Å². The summed E-state index contributed by atoms with van der Waals surface area (Å²) in [6.07, 6.45) is 46.0. The van der Waals surface area contributed by atoms with Crippen molar-refractivity contribution in [1.82, 2.24) is 0 Å². The zero-order valence-electron chi connectivity index (χ0n) is 44.4. The monoisotopic (exact) mass is 999 g/mol. The van der Waals surface area contributed by atoms with E-state index in [1.165, 1.54) is 32.1 Å². The SMILES string of the molecule is CC/C=C\C/C=C\C/C=C\CCCCCC(=O)OCC(COC1OC(C(=O)O)C(O)C(O)C1OC(=O)CCCCCCCCC/C=C\C/C=C\CCCCC)OC(=O)CCCCCCC/C=C\CCCC. The molecule has 6 atom stereocenters. The van der Waals surface area contributed by atoms with Gasteiger partial charge >= 0.3 is 23.9 Å². The van der Waals surface area contributed by atoms with E-state index in [-0.39, 0.29) is 25.9 Å². The largest absolute Gasteiger partial charge is 0.479 e. The minimum atomic E-state index is -1.91. The van der Waals surface area contributed by atoms with Crippen LogP contribution in [0.4, 0.5) is 0 Å². The Kier molecular flexibility index (Phi) is 43.3. The van der Waals surface area contributed by atoms with Crippen LogP contribution in [0, 0.1) is 0 Å². The smallest absolute Gasteiger partial charge is 0.335 e. The van der Waals surface area contributed by atoms with Crippen LogP contribution in [0.1, 0.15) is 226 Å². The molecule has 0 aliphatic carbocycles. The molecule has 1 saturated heterocycles. The van der Waals surface area contributed by atoms with Gasteiger partial charge in [0.2, 0.25) is 0 Å². The van der Waals surface area contributed by atoms with E-state index in [2.05, 4.69) is 93.7 Å². The van der Waals surface area contributed by atoms with Crippen molar-refractivity contribution in [3.8, 4) is 0 Å². The van der Waals surface area contributed by atoms with Gasteiger partial charge in [-0.1, -0.05) is 177 Å². The van der Waals surface area contributed by atoms with E-state index in [0.29, 0.717) is 19.3 Å². The molecule has 71 heavy (non-hydrogen) atoms. The number of carboxylic acid groups (broad SMARTS) is 1. The predicted molar refractivity (Wildman–Crippen MR) is 285 cm³/mol. The molecule has 406 valence electrons. The Balaban J connectivity index is 2.71. The van der Waals surface area contributed by atoms with Crippen LogP contribution in [0.3, 0.4) is 0 Å². The molecule has 0 radical (unpaired) electrons. The fraction of sp³-hybridized carbons (Fsp3) is 0.729. The third kappa shape index (κ3) is 37.6. The van der Waals surface area contributed by atoms with Crippen molar-refractivity contribution in [1.29, 1.82) is 0 Å². The van der Waals surface area contributed by atoms with Crippen LogP contribution in [-0.4, -0.2) is 89.2 Å². The van der Waals surface area contributed by atoms with E-state index in [0.717, 1.165) is 135 Å². The van der Waals surface area contributed by atoms with Gasteiger partial charge in [0.05, 0.1) is 6.61 Å². The van der Waals surface area contributed by atoms with Crippen molar-refractivity contribution in [2.24, 2.45) is 0 Å². The molecule has 1 rings (SSSR count). The molecule has 1 heterocycles. The van der Waals surface area contributed by atoms with Gasteiger partial charge in [-0.15, -0.1) is 0 Å². The lowest BCUT2D eigenvalue weighted by molar-refractivity contribution is -0.301. The van der Waals surface area contributed by atoms with Gasteiger partial charge in [-0.25, -0.2) is 4.79 Å². The summed E-state index contributed by atoms with van der Waals surface area (Å²) in [4.78, 5) is 50.9. The maximum atomic E-state index is 13.1. The number of unbranched alkanes of at least 4 members (excludes halogenated alkanes) is 20. The summed E-state index contributed by atoms with van der Waals surface area (Å²) in [6, 6.07) is 0. The maximum Gasteiger partial charge on any atom is 0.335 e. The zero-order chi connectivity index (χ0) is 51.8. The number of esters is 3. The average Bonchev–Trinajstić information content (AvgIpc) is 3.35. The second-order valence-corrected chi connectivity index (χ2v) is 18.8. The van der Waals surface area contributed by atoms with Crippen LogP contribution < -0.4 is 0 Å². The lowest BCUT2D eigenvalue weighted by Crippen LogP contribution is -2.61. The number of allylic oxidation sites excluding steroid dienone is 12.